The fourth-order valence-electron chi connectivity index (χ4n) is 5.46. The molecule has 2 aliphatic heterocycles. The number of fused-ring (bicyclic) bond motifs is 2. The molecule has 3 aromatic rings. The van der Waals surface area contributed by atoms with Crippen LogP contribution in [0.3, 0.4) is 0 Å². The summed E-state index contributed by atoms with van der Waals surface area (Å²) in [6.07, 6.45) is 0. The van der Waals surface area contributed by atoms with Crippen molar-refractivity contribution in [3.63, 3.8) is 0 Å². The maximum Gasteiger partial charge on any atom is 0.256 e. The molecule has 5 rings (SSSR count). The van der Waals surface area contributed by atoms with Gasteiger partial charge in [-0.05, 0) is 43.3 Å². The van der Waals surface area contributed by atoms with Crippen LogP contribution in [-0.4, -0.2) is 42.5 Å². The first-order valence-electron chi connectivity index (χ1n) is 11.5. The van der Waals surface area contributed by atoms with Gasteiger partial charge in [-0.25, -0.2) is 0 Å². The lowest BCUT2D eigenvalue weighted by Crippen LogP contribution is -2.54. The third-order valence-corrected chi connectivity index (χ3v) is 7.17. The van der Waals surface area contributed by atoms with Gasteiger partial charge < -0.3 is 14.8 Å². The van der Waals surface area contributed by atoms with E-state index in [1.165, 1.54) is 5.56 Å². The highest BCUT2D eigenvalue weighted by molar-refractivity contribution is 6.06. The number of nitro groups is 1. The second kappa shape index (κ2) is 8.70. The van der Waals surface area contributed by atoms with Gasteiger partial charge in [0.2, 0.25) is 0 Å². The largest absolute Gasteiger partial charge is 0.493 e. The number of benzene rings is 3. The molecule has 8 nitrogen and oxygen atoms in total. The molecule has 8 heteroatoms. The molecule has 3 aromatic carbocycles. The van der Waals surface area contributed by atoms with E-state index >= 15 is 0 Å². The van der Waals surface area contributed by atoms with Gasteiger partial charge in [-0.3, -0.25) is 19.8 Å². The second-order valence-corrected chi connectivity index (χ2v) is 9.17. The Morgan fingerprint density at radius 1 is 1.11 bits per heavy atom. The van der Waals surface area contributed by atoms with Crippen molar-refractivity contribution in [1.82, 2.24) is 4.90 Å². The Bertz CT molecular complexity index is 1290. The van der Waals surface area contributed by atoms with Crippen LogP contribution in [0.1, 0.15) is 28.2 Å². The molecule has 0 radical (unpaired) electrons. The molecular formula is C27H27N3O5. The van der Waals surface area contributed by atoms with Gasteiger partial charge in [-0.1, -0.05) is 54.1 Å². The molecule has 0 bridgehead atoms. The number of hydrogen-bond donors (Lipinski definition) is 1. The number of nitrogens with zero attached hydrogens (tertiary/aromatic N) is 2. The molecule has 1 amide bonds. The molecule has 3 atom stereocenters. The van der Waals surface area contributed by atoms with E-state index in [9.17, 15) is 14.9 Å². The van der Waals surface area contributed by atoms with Crippen molar-refractivity contribution in [2.45, 2.75) is 31.0 Å². The number of carbonyl (C=O) groups is 1. The maximum atomic E-state index is 13.3. The molecule has 1 fully saturated rings. The number of rotatable bonds is 6. The van der Waals surface area contributed by atoms with Gasteiger partial charge in [0.15, 0.2) is 17.0 Å². The first-order valence-corrected chi connectivity index (χ1v) is 11.5. The van der Waals surface area contributed by atoms with Gasteiger partial charge in [0.05, 0.1) is 13.0 Å². The average molecular weight is 474 g/mol. The van der Waals surface area contributed by atoms with Gasteiger partial charge in [0, 0.05) is 22.7 Å². The van der Waals surface area contributed by atoms with Crippen molar-refractivity contribution in [3.05, 3.63) is 99.1 Å². The monoisotopic (exact) mass is 473 g/mol. The van der Waals surface area contributed by atoms with Crippen LogP contribution in [0, 0.1) is 17.0 Å². The van der Waals surface area contributed by atoms with Crippen molar-refractivity contribution >= 4 is 11.6 Å². The summed E-state index contributed by atoms with van der Waals surface area (Å²) in [4.78, 5) is 27.3. The number of hydrogen-bond acceptors (Lipinski definition) is 6. The summed E-state index contributed by atoms with van der Waals surface area (Å²) in [6.45, 7) is 2.75. The number of nitrogens with one attached hydrogen (secondary N) is 1. The lowest BCUT2D eigenvalue weighted by molar-refractivity contribution is -0.534. The zero-order valence-electron chi connectivity index (χ0n) is 19.9. The Morgan fingerprint density at radius 2 is 1.86 bits per heavy atom. The number of likely N-dealkylation sites (tertiary alicyclic amines) is 1. The predicted octanol–water partition coefficient (Wildman–Crippen LogP) is 4.10. The van der Waals surface area contributed by atoms with Crippen LogP contribution in [0.5, 0.6) is 11.5 Å². The van der Waals surface area contributed by atoms with Crippen molar-refractivity contribution in [2.75, 3.05) is 26.0 Å². The molecule has 35 heavy (non-hydrogen) atoms. The lowest BCUT2D eigenvalue weighted by Gasteiger charge is -2.30. The molecule has 0 saturated carbocycles. The van der Waals surface area contributed by atoms with Crippen molar-refractivity contribution < 1.29 is 19.2 Å². The summed E-state index contributed by atoms with van der Waals surface area (Å²) < 4.78 is 11.6. The number of methoxy groups -OCH3 is 1. The standard InChI is InChI=1S/C27H27N3O5/c1-17-8-10-18(11-9-17)16-35-23-13-12-19(14-24(23)34-3)20-15-29(2)27(25(20)30(32)33)21-6-4-5-7-22(21)28-26(27)31/h4-14,20,25H,15-16H2,1-3H3,(H,28,31)/t20-,25-,27-/m0/s1. The summed E-state index contributed by atoms with van der Waals surface area (Å²) >= 11 is 0. The van der Waals surface area contributed by atoms with Crippen LogP contribution < -0.4 is 14.8 Å². The number of aryl methyl sites for hydroxylation is 1. The number of para-hydroxylation sites is 1. The third kappa shape index (κ3) is 3.61. The Hall–Kier alpha value is -3.91. The fraction of sp³-hybridized carbons (Fsp3) is 0.296. The van der Waals surface area contributed by atoms with Crippen molar-refractivity contribution in [3.8, 4) is 11.5 Å². The summed E-state index contributed by atoms with van der Waals surface area (Å²) in [5.74, 6) is 0.165. The van der Waals surface area contributed by atoms with Crippen LogP contribution in [-0.2, 0) is 16.9 Å². The summed E-state index contributed by atoms with van der Waals surface area (Å²) in [6, 6.07) is 19.5. The van der Waals surface area contributed by atoms with Gasteiger partial charge in [-0.15, -0.1) is 0 Å². The Labute approximate surface area is 203 Å². The third-order valence-electron chi connectivity index (χ3n) is 7.17. The van der Waals surface area contributed by atoms with Crippen LogP contribution in [0.15, 0.2) is 66.7 Å². The van der Waals surface area contributed by atoms with Crippen molar-refractivity contribution in [2.24, 2.45) is 0 Å². The maximum absolute atomic E-state index is 13.3. The molecule has 1 saturated heterocycles. The van der Waals surface area contributed by atoms with Gasteiger partial charge in [0.25, 0.3) is 11.9 Å². The zero-order chi connectivity index (χ0) is 24.7. The highest BCUT2D eigenvalue weighted by Crippen LogP contribution is 2.52. The SMILES string of the molecule is COc1cc([C@@H]2CN(C)[C@]3(C(=O)Nc4ccccc43)[C@H]2[N+](=O)[O-])ccc1OCc1ccc(C)cc1. The molecule has 2 aliphatic rings. The number of anilines is 1. The van der Waals surface area contributed by atoms with E-state index in [4.69, 9.17) is 9.47 Å². The fourth-order valence-corrected chi connectivity index (χ4v) is 5.46. The average Bonchev–Trinajstić information content (AvgIpc) is 3.33. The van der Waals surface area contributed by atoms with Gasteiger partial charge in [-0.2, -0.15) is 0 Å². The van der Waals surface area contributed by atoms with E-state index in [0.717, 1.165) is 11.1 Å². The summed E-state index contributed by atoms with van der Waals surface area (Å²) in [5.41, 5.74) is 2.82. The van der Waals surface area contributed by atoms with Gasteiger partial charge >= 0.3 is 0 Å². The van der Waals surface area contributed by atoms with Crippen LogP contribution in [0.2, 0.25) is 0 Å². The Balaban J connectivity index is 1.48. The normalized spacial score (nSPS) is 23.2. The molecule has 180 valence electrons. The quantitative estimate of drug-likeness (QED) is 0.428. The van der Waals surface area contributed by atoms with E-state index in [2.05, 4.69) is 5.32 Å². The van der Waals surface area contributed by atoms with Crippen molar-refractivity contribution in [1.29, 1.82) is 0 Å². The Kier molecular flexibility index (Phi) is 5.68. The Morgan fingerprint density at radius 3 is 2.57 bits per heavy atom. The van der Waals surface area contributed by atoms with E-state index < -0.39 is 17.5 Å². The number of likely N-dealkylation sites (N-methyl/N-ethyl adjacent to an activating group) is 1. The molecule has 1 spiro atoms. The van der Waals surface area contributed by atoms with Crippen LogP contribution in [0.4, 0.5) is 5.69 Å². The molecule has 1 N–H and O–H groups in total. The minimum absolute atomic E-state index is 0.315. The molecule has 2 heterocycles. The van der Waals surface area contributed by atoms with Crippen LogP contribution >= 0.6 is 0 Å². The lowest BCUT2D eigenvalue weighted by atomic mass is 9.79. The second-order valence-electron chi connectivity index (χ2n) is 9.17. The van der Waals surface area contributed by atoms with E-state index in [1.807, 2.05) is 49.4 Å². The molecule has 0 aliphatic carbocycles. The number of amides is 1. The van der Waals surface area contributed by atoms with Gasteiger partial charge in [0.1, 0.15) is 6.61 Å². The smallest absolute Gasteiger partial charge is 0.256 e. The number of ether oxygens (including phenoxy) is 2. The van der Waals surface area contributed by atoms with Crippen LogP contribution in [0.25, 0.3) is 0 Å². The molecule has 0 unspecified atom stereocenters. The first kappa shape index (κ1) is 22.9. The topological polar surface area (TPSA) is 93.9 Å². The minimum Gasteiger partial charge on any atom is -0.493 e. The predicted molar refractivity (Wildman–Crippen MR) is 131 cm³/mol. The highest BCUT2D eigenvalue weighted by Gasteiger charge is 2.68. The summed E-state index contributed by atoms with van der Waals surface area (Å²) in [5, 5.41) is 15.4. The summed E-state index contributed by atoms with van der Waals surface area (Å²) in [7, 11) is 3.32. The first-order chi connectivity index (χ1) is 16.9. The van der Waals surface area contributed by atoms with E-state index in [1.54, 1.807) is 43.3 Å². The molecule has 0 aromatic heterocycles. The highest BCUT2D eigenvalue weighted by atomic mass is 16.6. The van der Waals surface area contributed by atoms with E-state index in [-0.39, 0.29) is 10.8 Å². The minimum atomic E-state index is -1.38. The zero-order valence-corrected chi connectivity index (χ0v) is 19.9. The van der Waals surface area contributed by atoms with E-state index in [0.29, 0.717) is 35.9 Å². The number of carbonyl (C=O) groups excluding carboxylic acids is 1. The molecular weight excluding hydrogens is 446 g/mol.